The number of para-hydroxylation sites is 1. The summed E-state index contributed by atoms with van der Waals surface area (Å²) < 4.78 is 11.1. The maximum atomic E-state index is 13.1. The third kappa shape index (κ3) is 7.18. The topological polar surface area (TPSA) is 62.3 Å². The average molecular weight is 458 g/mol. The summed E-state index contributed by atoms with van der Waals surface area (Å²) in [5, 5.41) is 0. The molecule has 1 aromatic carbocycles. The molecule has 7 nitrogen and oxygen atoms in total. The highest BCUT2D eigenvalue weighted by molar-refractivity contribution is 5.80. The fraction of sp³-hybridized carbons (Fsp3) is 0.692. The van der Waals surface area contributed by atoms with Crippen molar-refractivity contribution in [3.63, 3.8) is 0 Å². The number of amides is 2. The van der Waals surface area contributed by atoms with E-state index in [4.69, 9.17) is 9.47 Å². The Bertz CT molecular complexity index is 737. The smallest absolute Gasteiger partial charge is 0.225 e. The van der Waals surface area contributed by atoms with Gasteiger partial charge in [-0.3, -0.25) is 14.5 Å². The molecule has 7 heteroatoms. The lowest BCUT2D eigenvalue weighted by atomic mass is 9.90. The Kier molecular flexibility index (Phi) is 9.01. The molecule has 3 fully saturated rings. The molecule has 0 N–H and O–H groups in total. The summed E-state index contributed by atoms with van der Waals surface area (Å²) >= 11 is 0. The molecule has 0 unspecified atom stereocenters. The molecule has 0 bridgehead atoms. The zero-order valence-electron chi connectivity index (χ0n) is 19.8. The van der Waals surface area contributed by atoms with Crippen molar-refractivity contribution in [3.8, 4) is 5.75 Å². The lowest BCUT2D eigenvalue weighted by Crippen LogP contribution is -2.47. The van der Waals surface area contributed by atoms with Crippen molar-refractivity contribution in [2.75, 3.05) is 65.6 Å². The molecule has 3 saturated heterocycles. The quantitative estimate of drug-likeness (QED) is 0.601. The minimum Gasteiger partial charge on any atom is -0.493 e. The van der Waals surface area contributed by atoms with Gasteiger partial charge in [0.2, 0.25) is 11.8 Å². The van der Waals surface area contributed by atoms with Crippen LogP contribution in [-0.4, -0.2) is 92.1 Å². The van der Waals surface area contributed by atoms with Crippen molar-refractivity contribution in [2.24, 2.45) is 11.8 Å². The molecule has 3 heterocycles. The van der Waals surface area contributed by atoms with Crippen molar-refractivity contribution in [1.82, 2.24) is 14.7 Å². The summed E-state index contributed by atoms with van der Waals surface area (Å²) in [4.78, 5) is 32.1. The monoisotopic (exact) mass is 457 g/mol. The zero-order chi connectivity index (χ0) is 22.9. The van der Waals surface area contributed by atoms with Crippen LogP contribution < -0.4 is 4.74 Å². The Morgan fingerprint density at radius 1 is 0.879 bits per heavy atom. The minimum atomic E-state index is 0.0690. The molecule has 0 atom stereocenters. The Labute approximate surface area is 198 Å². The lowest BCUT2D eigenvalue weighted by molar-refractivity contribution is -0.142. The van der Waals surface area contributed by atoms with Gasteiger partial charge >= 0.3 is 0 Å². The highest BCUT2D eigenvalue weighted by Gasteiger charge is 2.32. The van der Waals surface area contributed by atoms with E-state index in [1.807, 2.05) is 35.2 Å². The predicted molar refractivity (Wildman–Crippen MR) is 127 cm³/mol. The van der Waals surface area contributed by atoms with E-state index in [0.717, 1.165) is 83.3 Å². The van der Waals surface area contributed by atoms with Crippen LogP contribution in [0, 0.1) is 11.8 Å². The number of likely N-dealkylation sites (tertiary alicyclic amines) is 2. The fourth-order valence-corrected chi connectivity index (χ4v) is 5.20. The molecule has 0 aliphatic carbocycles. The van der Waals surface area contributed by atoms with Crippen molar-refractivity contribution >= 4 is 11.8 Å². The van der Waals surface area contributed by atoms with E-state index < -0.39 is 0 Å². The first kappa shape index (κ1) is 24.0. The summed E-state index contributed by atoms with van der Waals surface area (Å²) in [5.74, 6) is 2.02. The molecule has 2 amide bonds. The van der Waals surface area contributed by atoms with Crippen LogP contribution >= 0.6 is 0 Å². The van der Waals surface area contributed by atoms with Gasteiger partial charge in [-0.1, -0.05) is 18.2 Å². The van der Waals surface area contributed by atoms with E-state index in [0.29, 0.717) is 32.0 Å². The van der Waals surface area contributed by atoms with Gasteiger partial charge in [-0.05, 0) is 56.7 Å². The lowest BCUT2D eigenvalue weighted by Gasteiger charge is -2.38. The van der Waals surface area contributed by atoms with Gasteiger partial charge in [0.05, 0.1) is 26.2 Å². The molecular weight excluding hydrogens is 418 g/mol. The van der Waals surface area contributed by atoms with Crippen LogP contribution in [0.25, 0.3) is 0 Å². The normalized spacial score (nSPS) is 21.2. The maximum Gasteiger partial charge on any atom is 0.225 e. The second-order valence-corrected chi connectivity index (χ2v) is 9.58. The number of benzene rings is 1. The Morgan fingerprint density at radius 2 is 1.55 bits per heavy atom. The van der Waals surface area contributed by atoms with Gasteiger partial charge in [0.1, 0.15) is 5.75 Å². The van der Waals surface area contributed by atoms with Crippen LogP contribution in [-0.2, 0) is 14.3 Å². The summed E-state index contributed by atoms with van der Waals surface area (Å²) in [6, 6.07) is 9.58. The van der Waals surface area contributed by atoms with Crippen LogP contribution in [0.5, 0.6) is 5.75 Å². The highest BCUT2D eigenvalue weighted by atomic mass is 16.5. The number of hydrogen-bond acceptors (Lipinski definition) is 5. The number of hydrogen-bond donors (Lipinski definition) is 0. The summed E-state index contributed by atoms with van der Waals surface area (Å²) in [6.07, 6.45) is 5.41. The van der Waals surface area contributed by atoms with Crippen molar-refractivity contribution in [3.05, 3.63) is 30.3 Å². The van der Waals surface area contributed by atoms with E-state index in [1.165, 1.54) is 6.42 Å². The van der Waals surface area contributed by atoms with Crippen molar-refractivity contribution in [1.29, 1.82) is 0 Å². The van der Waals surface area contributed by atoms with E-state index >= 15 is 0 Å². The number of carbonyl (C=O) groups excluding carboxylic acids is 2. The Hall–Kier alpha value is -2.12. The average Bonchev–Trinajstić information content (AvgIpc) is 2.88. The molecule has 0 spiro atoms. The number of piperidine rings is 2. The Morgan fingerprint density at radius 3 is 2.24 bits per heavy atom. The largest absolute Gasteiger partial charge is 0.493 e. The van der Waals surface area contributed by atoms with Crippen LogP contribution in [0.1, 0.15) is 38.5 Å². The van der Waals surface area contributed by atoms with Crippen LogP contribution in [0.2, 0.25) is 0 Å². The fourth-order valence-electron chi connectivity index (χ4n) is 5.20. The number of ether oxygens (including phenoxy) is 2. The number of carbonyl (C=O) groups is 2. The molecule has 33 heavy (non-hydrogen) atoms. The van der Waals surface area contributed by atoms with Crippen LogP contribution in [0.4, 0.5) is 0 Å². The number of nitrogens with zero attached hydrogens (tertiary/aromatic N) is 3. The molecule has 0 radical (unpaired) electrons. The summed E-state index contributed by atoms with van der Waals surface area (Å²) in [5.41, 5.74) is 0. The molecule has 3 aliphatic heterocycles. The second-order valence-electron chi connectivity index (χ2n) is 9.58. The highest BCUT2D eigenvalue weighted by Crippen LogP contribution is 2.26. The first-order valence-corrected chi connectivity index (χ1v) is 12.7. The maximum absolute atomic E-state index is 13.1. The summed E-state index contributed by atoms with van der Waals surface area (Å²) in [6.45, 7) is 8.51. The van der Waals surface area contributed by atoms with Gasteiger partial charge in [0.25, 0.3) is 0 Å². The van der Waals surface area contributed by atoms with Gasteiger partial charge in [-0.25, -0.2) is 0 Å². The first-order valence-electron chi connectivity index (χ1n) is 12.7. The molecule has 0 saturated carbocycles. The molecular formula is C26H39N3O4. The Balaban J connectivity index is 1.11. The van der Waals surface area contributed by atoms with Crippen LogP contribution in [0.15, 0.2) is 30.3 Å². The second kappa shape index (κ2) is 12.4. The predicted octanol–water partition coefficient (Wildman–Crippen LogP) is 2.66. The van der Waals surface area contributed by atoms with Gasteiger partial charge in [0.15, 0.2) is 0 Å². The zero-order valence-corrected chi connectivity index (χ0v) is 19.8. The van der Waals surface area contributed by atoms with Gasteiger partial charge < -0.3 is 19.3 Å². The molecule has 0 aromatic heterocycles. The third-order valence-corrected chi connectivity index (χ3v) is 7.41. The van der Waals surface area contributed by atoms with E-state index in [9.17, 15) is 9.59 Å². The van der Waals surface area contributed by atoms with Crippen molar-refractivity contribution in [2.45, 2.75) is 38.5 Å². The number of rotatable bonds is 8. The summed E-state index contributed by atoms with van der Waals surface area (Å²) in [7, 11) is 0. The van der Waals surface area contributed by atoms with E-state index in [2.05, 4.69) is 9.80 Å². The molecule has 1 aromatic rings. The molecule has 182 valence electrons. The van der Waals surface area contributed by atoms with Crippen LogP contribution in [0.3, 0.4) is 0 Å². The van der Waals surface area contributed by atoms with Gasteiger partial charge in [-0.15, -0.1) is 0 Å². The van der Waals surface area contributed by atoms with Gasteiger partial charge in [0, 0.05) is 45.2 Å². The standard InChI is InChI=1S/C26H39N3O4/c30-25(11-19-33-24-4-2-1-3-5-24)28-15-9-23(10-16-28)26(31)29-13-7-22(8-14-29)6-12-27-17-20-32-21-18-27/h1-5,22-23H,6-21H2. The van der Waals surface area contributed by atoms with E-state index in [1.54, 1.807) is 0 Å². The number of morpholine rings is 1. The minimum absolute atomic E-state index is 0.0690. The molecule has 3 aliphatic rings. The molecule has 4 rings (SSSR count). The third-order valence-electron chi connectivity index (χ3n) is 7.41. The van der Waals surface area contributed by atoms with E-state index in [-0.39, 0.29) is 11.8 Å². The van der Waals surface area contributed by atoms with Crippen molar-refractivity contribution < 1.29 is 19.1 Å². The van der Waals surface area contributed by atoms with Gasteiger partial charge in [-0.2, -0.15) is 0 Å². The first-order chi connectivity index (χ1) is 16.2. The SMILES string of the molecule is O=C(CCOc1ccccc1)N1CCC(C(=O)N2CCC(CCN3CCOCC3)CC2)CC1.